The van der Waals surface area contributed by atoms with Crippen LogP contribution in [-0.4, -0.2) is 32.8 Å². The van der Waals surface area contributed by atoms with E-state index >= 15 is 0 Å². The standard InChI is InChI=1S/C13H21NO2S/c1-15-12-6-5-11(13(9-12)16-2)10-14-7-4-8-17-3/h5-6,9,14H,4,7-8,10H2,1-3H3. The molecule has 0 atom stereocenters. The summed E-state index contributed by atoms with van der Waals surface area (Å²) in [5.41, 5.74) is 1.16. The van der Waals surface area contributed by atoms with Crippen LogP contribution in [0.5, 0.6) is 11.5 Å². The number of benzene rings is 1. The van der Waals surface area contributed by atoms with Gasteiger partial charge in [-0.2, -0.15) is 11.8 Å². The third-order valence-corrected chi connectivity index (χ3v) is 3.21. The molecule has 0 saturated heterocycles. The number of rotatable bonds is 8. The van der Waals surface area contributed by atoms with Crippen LogP contribution in [0.4, 0.5) is 0 Å². The van der Waals surface area contributed by atoms with Gasteiger partial charge in [-0.3, -0.25) is 0 Å². The summed E-state index contributed by atoms with van der Waals surface area (Å²) in [6, 6.07) is 5.92. The van der Waals surface area contributed by atoms with Gasteiger partial charge in [-0.25, -0.2) is 0 Å². The van der Waals surface area contributed by atoms with Crippen LogP contribution in [0.2, 0.25) is 0 Å². The molecule has 0 aliphatic carbocycles. The second kappa shape index (κ2) is 8.25. The highest BCUT2D eigenvalue weighted by molar-refractivity contribution is 7.98. The Kier molecular flexibility index (Phi) is 6.89. The molecule has 1 aromatic carbocycles. The molecule has 0 spiro atoms. The van der Waals surface area contributed by atoms with Gasteiger partial charge < -0.3 is 14.8 Å². The summed E-state index contributed by atoms with van der Waals surface area (Å²) in [6.45, 7) is 1.87. The Bertz CT molecular complexity index is 331. The van der Waals surface area contributed by atoms with Gasteiger partial charge in [0.25, 0.3) is 0 Å². The smallest absolute Gasteiger partial charge is 0.127 e. The fourth-order valence-corrected chi connectivity index (χ4v) is 2.00. The molecule has 3 nitrogen and oxygen atoms in total. The van der Waals surface area contributed by atoms with E-state index in [2.05, 4.69) is 11.6 Å². The van der Waals surface area contributed by atoms with Gasteiger partial charge in [-0.15, -0.1) is 0 Å². The quantitative estimate of drug-likeness (QED) is 0.723. The first-order valence-corrected chi connectivity index (χ1v) is 7.11. The van der Waals surface area contributed by atoms with Crippen LogP contribution in [0.1, 0.15) is 12.0 Å². The summed E-state index contributed by atoms with van der Waals surface area (Å²) >= 11 is 1.88. The van der Waals surface area contributed by atoms with Gasteiger partial charge in [-0.05, 0) is 31.0 Å². The Hall–Kier alpha value is -0.870. The molecule has 1 N–H and O–H groups in total. The van der Waals surface area contributed by atoms with Gasteiger partial charge in [0, 0.05) is 18.2 Å². The molecule has 0 aromatic heterocycles. The zero-order valence-electron chi connectivity index (χ0n) is 10.8. The largest absolute Gasteiger partial charge is 0.497 e. The fourth-order valence-electron chi connectivity index (χ4n) is 1.56. The number of nitrogens with one attached hydrogen (secondary N) is 1. The molecule has 0 saturated carbocycles. The lowest BCUT2D eigenvalue weighted by Crippen LogP contribution is -2.15. The van der Waals surface area contributed by atoms with Crippen LogP contribution < -0.4 is 14.8 Å². The molecular formula is C13H21NO2S. The molecule has 1 aromatic rings. The number of hydrogen-bond donors (Lipinski definition) is 1. The molecule has 0 amide bonds. The normalized spacial score (nSPS) is 10.3. The zero-order valence-corrected chi connectivity index (χ0v) is 11.6. The Morgan fingerprint density at radius 2 is 2.06 bits per heavy atom. The van der Waals surface area contributed by atoms with Crippen molar-refractivity contribution >= 4 is 11.8 Å². The zero-order chi connectivity index (χ0) is 12.5. The van der Waals surface area contributed by atoms with E-state index in [9.17, 15) is 0 Å². The van der Waals surface area contributed by atoms with Crippen LogP contribution in [-0.2, 0) is 6.54 Å². The molecule has 0 heterocycles. The summed E-state index contributed by atoms with van der Waals surface area (Å²) in [5, 5.41) is 3.41. The molecule has 0 aliphatic rings. The van der Waals surface area contributed by atoms with E-state index in [1.165, 1.54) is 12.2 Å². The number of thioether (sulfide) groups is 1. The average molecular weight is 255 g/mol. The van der Waals surface area contributed by atoms with Gasteiger partial charge in [0.1, 0.15) is 11.5 Å². The van der Waals surface area contributed by atoms with Crippen LogP contribution in [0.25, 0.3) is 0 Å². The maximum Gasteiger partial charge on any atom is 0.127 e. The van der Waals surface area contributed by atoms with E-state index in [-0.39, 0.29) is 0 Å². The Labute approximate surface area is 108 Å². The van der Waals surface area contributed by atoms with Crippen molar-refractivity contribution in [1.29, 1.82) is 0 Å². The Morgan fingerprint density at radius 3 is 2.71 bits per heavy atom. The Balaban J connectivity index is 2.46. The molecule has 17 heavy (non-hydrogen) atoms. The molecule has 1 rings (SSSR count). The van der Waals surface area contributed by atoms with E-state index in [1.54, 1.807) is 14.2 Å². The minimum atomic E-state index is 0.827. The van der Waals surface area contributed by atoms with Crippen molar-refractivity contribution in [3.63, 3.8) is 0 Å². The van der Waals surface area contributed by atoms with Gasteiger partial charge in [0.05, 0.1) is 14.2 Å². The van der Waals surface area contributed by atoms with E-state index in [0.717, 1.165) is 30.2 Å². The third kappa shape index (κ3) is 4.88. The van der Waals surface area contributed by atoms with Crippen LogP contribution >= 0.6 is 11.8 Å². The first kappa shape index (κ1) is 14.2. The second-order valence-electron chi connectivity index (χ2n) is 3.70. The highest BCUT2D eigenvalue weighted by Gasteiger charge is 2.04. The first-order valence-electron chi connectivity index (χ1n) is 5.72. The summed E-state index contributed by atoms with van der Waals surface area (Å²) < 4.78 is 10.5. The van der Waals surface area contributed by atoms with Crippen LogP contribution in [0.15, 0.2) is 18.2 Å². The average Bonchev–Trinajstić information content (AvgIpc) is 2.38. The Morgan fingerprint density at radius 1 is 1.24 bits per heavy atom. The third-order valence-electron chi connectivity index (χ3n) is 2.51. The molecule has 0 unspecified atom stereocenters. The fraction of sp³-hybridized carbons (Fsp3) is 0.538. The van der Waals surface area contributed by atoms with Crippen LogP contribution in [0.3, 0.4) is 0 Å². The predicted molar refractivity (Wildman–Crippen MR) is 74.3 cm³/mol. The van der Waals surface area contributed by atoms with E-state index in [1.807, 2.05) is 30.0 Å². The lowest BCUT2D eigenvalue weighted by Gasteiger charge is -2.11. The molecule has 96 valence electrons. The van der Waals surface area contributed by atoms with E-state index in [0.29, 0.717) is 0 Å². The summed E-state index contributed by atoms with van der Waals surface area (Å²) in [7, 11) is 3.35. The molecule has 0 radical (unpaired) electrons. The first-order chi connectivity index (χ1) is 8.31. The van der Waals surface area contributed by atoms with Crippen molar-refractivity contribution in [2.24, 2.45) is 0 Å². The SMILES string of the molecule is COc1ccc(CNCCCSC)c(OC)c1. The van der Waals surface area contributed by atoms with E-state index in [4.69, 9.17) is 9.47 Å². The topological polar surface area (TPSA) is 30.5 Å². The number of ether oxygens (including phenoxy) is 2. The highest BCUT2D eigenvalue weighted by atomic mass is 32.2. The lowest BCUT2D eigenvalue weighted by atomic mass is 10.2. The van der Waals surface area contributed by atoms with Crippen molar-refractivity contribution in [1.82, 2.24) is 5.32 Å². The predicted octanol–water partition coefficient (Wildman–Crippen LogP) is 2.55. The minimum Gasteiger partial charge on any atom is -0.497 e. The maximum absolute atomic E-state index is 5.34. The molecule has 0 aliphatic heterocycles. The van der Waals surface area contributed by atoms with Gasteiger partial charge in [0.2, 0.25) is 0 Å². The van der Waals surface area contributed by atoms with Crippen molar-refractivity contribution < 1.29 is 9.47 Å². The van der Waals surface area contributed by atoms with Crippen molar-refractivity contribution in [3.05, 3.63) is 23.8 Å². The molecule has 4 heteroatoms. The van der Waals surface area contributed by atoms with E-state index < -0.39 is 0 Å². The monoisotopic (exact) mass is 255 g/mol. The summed E-state index contributed by atoms with van der Waals surface area (Å²) in [4.78, 5) is 0. The van der Waals surface area contributed by atoms with Crippen molar-refractivity contribution in [2.45, 2.75) is 13.0 Å². The van der Waals surface area contributed by atoms with Crippen molar-refractivity contribution in [2.75, 3.05) is 32.8 Å². The highest BCUT2D eigenvalue weighted by Crippen LogP contribution is 2.24. The van der Waals surface area contributed by atoms with Gasteiger partial charge in [-0.1, -0.05) is 6.07 Å². The number of hydrogen-bond acceptors (Lipinski definition) is 4. The van der Waals surface area contributed by atoms with Crippen LogP contribution in [0, 0.1) is 0 Å². The maximum atomic E-state index is 5.34. The number of methoxy groups -OCH3 is 2. The minimum absolute atomic E-state index is 0.827. The summed E-state index contributed by atoms with van der Waals surface area (Å²) in [6.07, 6.45) is 3.33. The second-order valence-corrected chi connectivity index (χ2v) is 4.69. The van der Waals surface area contributed by atoms with Gasteiger partial charge in [0.15, 0.2) is 0 Å². The van der Waals surface area contributed by atoms with Gasteiger partial charge >= 0.3 is 0 Å². The molecular weight excluding hydrogens is 234 g/mol. The van der Waals surface area contributed by atoms with Crippen molar-refractivity contribution in [3.8, 4) is 11.5 Å². The molecule has 0 fully saturated rings. The lowest BCUT2D eigenvalue weighted by molar-refractivity contribution is 0.390. The molecule has 0 bridgehead atoms. The summed E-state index contributed by atoms with van der Waals surface area (Å²) in [5.74, 6) is 2.90.